The van der Waals surface area contributed by atoms with Crippen molar-refractivity contribution in [2.45, 2.75) is 37.9 Å². The fourth-order valence-electron chi connectivity index (χ4n) is 3.55. The van der Waals surface area contributed by atoms with Crippen molar-refractivity contribution in [2.75, 3.05) is 12.3 Å². The van der Waals surface area contributed by atoms with Gasteiger partial charge in [-0.1, -0.05) is 6.92 Å². The van der Waals surface area contributed by atoms with Crippen molar-refractivity contribution in [2.24, 2.45) is 23.5 Å². The molecule has 0 aromatic rings. The van der Waals surface area contributed by atoms with Gasteiger partial charge in [0.25, 0.3) is 0 Å². The fraction of sp³-hybridized carbons (Fsp3) is 1.00. The number of rotatable bonds is 4. The van der Waals surface area contributed by atoms with Crippen LogP contribution in [0.5, 0.6) is 0 Å². The first kappa shape index (κ1) is 11.4. The summed E-state index contributed by atoms with van der Waals surface area (Å²) >= 11 is 0. The molecule has 0 radical (unpaired) electrons. The van der Waals surface area contributed by atoms with E-state index in [1.807, 2.05) is 6.92 Å². The molecule has 2 saturated carbocycles. The van der Waals surface area contributed by atoms with Gasteiger partial charge in [0.1, 0.15) is 0 Å². The molecule has 2 aliphatic carbocycles. The van der Waals surface area contributed by atoms with Crippen LogP contribution in [0.4, 0.5) is 0 Å². The van der Waals surface area contributed by atoms with Gasteiger partial charge < -0.3 is 5.73 Å². The van der Waals surface area contributed by atoms with E-state index in [4.69, 9.17) is 5.73 Å². The quantitative estimate of drug-likeness (QED) is 0.790. The molecule has 88 valence electrons. The van der Waals surface area contributed by atoms with E-state index in [1.165, 1.54) is 6.42 Å². The van der Waals surface area contributed by atoms with Gasteiger partial charge in [-0.3, -0.25) is 0 Å². The van der Waals surface area contributed by atoms with Crippen LogP contribution in [0.3, 0.4) is 0 Å². The van der Waals surface area contributed by atoms with Gasteiger partial charge >= 0.3 is 0 Å². The van der Waals surface area contributed by atoms with Gasteiger partial charge in [-0.2, -0.15) is 0 Å². The highest BCUT2D eigenvalue weighted by molar-refractivity contribution is 7.92. The first-order valence-corrected chi connectivity index (χ1v) is 7.71. The Kier molecular flexibility index (Phi) is 3.08. The zero-order valence-corrected chi connectivity index (χ0v) is 10.2. The van der Waals surface area contributed by atoms with Gasteiger partial charge in [-0.05, 0) is 50.0 Å². The Morgan fingerprint density at radius 2 is 2.00 bits per heavy atom. The van der Waals surface area contributed by atoms with Gasteiger partial charge in [0.15, 0.2) is 9.84 Å². The van der Waals surface area contributed by atoms with Gasteiger partial charge in [0, 0.05) is 0 Å². The lowest BCUT2D eigenvalue weighted by Crippen LogP contribution is -2.36. The highest BCUT2D eigenvalue weighted by atomic mass is 32.2. The zero-order valence-electron chi connectivity index (χ0n) is 9.35. The van der Waals surface area contributed by atoms with Crippen LogP contribution in [0.25, 0.3) is 0 Å². The molecule has 0 saturated heterocycles. The molecule has 0 spiro atoms. The molecule has 4 heteroatoms. The van der Waals surface area contributed by atoms with E-state index in [9.17, 15) is 8.42 Å². The lowest BCUT2D eigenvalue weighted by molar-refractivity contribution is 0.340. The molecule has 0 aliphatic heterocycles. The van der Waals surface area contributed by atoms with Crippen LogP contribution in [0.2, 0.25) is 0 Å². The molecule has 0 aromatic heterocycles. The highest BCUT2D eigenvalue weighted by Crippen LogP contribution is 2.50. The van der Waals surface area contributed by atoms with Gasteiger partial charge in [-0.15, -0.1) is 0 Å². The van der Waals surface area contributed by atoms with Crippen molar-refractivity contribution in [1.82, 2.24) is 0 Å². The van der Waals surface area contributed by atoms with Crippen molar-refractivity contribution >= 4 is 9.84 Å². The van der Waals surface area contributed by atoms with Crippen molar-refractivity contribution in [3.63, 3.8) is 0 Å². The van der Waals surface area contributed by atoms with E-state index in [-0.39, 0.29) is 5.25 Å². The van der Waals surface area contributed by atoms with Gasteiger partial charge in [-0.25, -0.2) is 8.42 Å². The maximum Gasteiger partial charge on any atom is 0.153 e. The smallest absolute Gasteiger partial charge is 0.153 e. The molecular weight excluding hydrogens is 210 g/mol. The second-order valence-corrected chi connectivity index (χ2v) is 7.48. The van der Waals surface area contributed by atoms with Crippen LogP contribution >= 0.6 is 0 Å². The van der Waals surface area contributed by atoms with Crippen LogP contribution in [-0.2, 0) is 9.84 Å². The normalized spacial score (nSPS) is 39.9. The maximum atomic E-state index is 12.0. The summed E-state index contributed by atoms with van der Waals surface area (Å²) in [4.78, 5) is 0. The second kappa shape index (κ2) is 4.06. The Balaban J connectivity index is 2.13. The summed E-state index contributed by atoms with van der Waals surface area (Å²) in [6.07, 6.45) is 3.92. The van der Waals surface area contributed by atoms with E-state index in [0.717, 1.165) is 19.3 Å². The Morgan fingerprint density at radius 1 is 1.27 bits per heavy atom. The van der Waals surface area contributed by atoms with E-state index in [1.54, 1.807) is 0 Å². The molecule has 0 heterocycles. The Bertz CT molecular complexity index is 325. The molecule has 0 aromatic carbocycles. The predicted octanol–water partition coefficient (Wildman–Crippen LogP) is 1.18. The minimum Gasteiger partial charge on any atom is -0.330 e. The minimum atomic E-state index is -2.84. The fourth-order valence-corrected chi connectivity index (χ4v) is 5.85. The third kappa shape index (κ3) is 1.94. The Labute approximate surface area is 92.3 Å². The largest absolute Gasteiger partial charge is 0.330 e. The highest BCUT2D eigenvalue weighted by Gasteiger charge is 2.50. The molecule has 2 rings (SSSR count). The van der Waals surface area contributed by atoms with Gasteiger partial charge in [0.2, 0.25) is 0 Å². The zero-order chi connectivity index (χ0) is 11.1. The lowest BCUT2D eigenvalue weighted by atomic mass is 9.88. The summed E-state index contributed by atoms with van der Waals surface area (Å²) in [5, 5.41) is -0.0650. The molecule has 4 unspecified atom stereocenters. The summed E-state index contributed by atoms with van der Waals surface area (Å²) in [6, 6.07) is 0. The standard InChI is InChI=1S/C11H21NO2S/c1-2-3-15(13,14)11-6-8-4-9(7-12)10(11)5-8/h8-11H,2-7,12H2,1H3. The summed E-state index contributed by atoms with van der Waals surface area (Å²) < 4.78 is 24.1. The summed E-state index contributed by atoms with van der Waals surface area (Å²) in [5.74, 6) is 1.84. The molecule has 2 fully saturated rings. The number of hydrogen-bond acceptors (Lipinski definition) is 3. The van der Waals surface area contributed by atoms with E-state index >= 15 is 0 Å². The molecular formula is C11H21NO2S. The third-order valence-electron chi connectivity index (χ3n) is 4.14. The first-order chi connectivity index (χ1) is 7.08. The minimum absolute atomic E-state index is 0.0650. The molecule has 2 N–H and O–H groups in total. The van der Waals surface area contributed by atoms with Crippen LogP contribution < -0.4 is 5.73 Å². The molecule has 2 bridgehead atoms. The monoisotopic (exact) mass is 231 g/mol. The van der Waals surface area contributed by atoms with E-state index < -0.39 is 9.84 Å². The van der Waals surface area contributed by atoms with E-state index in [0.29, 0.717) is 30.1 Å². The number of fused-ring (bicyclic) bond motifs is 2. The SMILES string of the molecule is CCCS(=O)(=O)C1CC2CC(CN)C1C2. The Morgan fingerprint density at radius 3 is 2.53 bits per heavy atom. The molecule has 15 heavy (non-hydrogen) atoms. The second-order valence-electron chi connectivity index (χ2n) is 5.14. The van der Waals surface area contributed by atoms with Crippen LogP contribution in [0.1, 0.15) is 32.6 Å². The number of sulfone groups is 1. The molecule has 2 aliphatic rings. The van der Waals surface area contributed by atoms with Crippen molar-refractivity contribution in [3.8, 4) is 0 Å². The summed E-state index contributed by atoms with van der Waals surface area (Å²) in [7, 11) is -2.84. The Hall–Kier alpha value is -0.0900. The molecule has 3 nitrogen and oxygen atoms in total. The van der Waals surface area contributed by atoms with Crippen molar-refractivity contribution < 1.29 is 8.42 Å². The predicted molar refractivity (Wildman–Crippen MR) is 61.2 cm³/mol. The topological polar surface area (TPSA) is 60.2 Å². The van der Waals surface area contributed by atoms with Crippen LogP contribution in [-0.4, -0.2) is 26.0 Å². The van der Waals surface area contributed by atoms with Crippen LogP contribution in [0.15, 0.2) is 0 Å². The van der Waals surface area contributed by atoms with Crippen LogP contribution in [0, 0.1) is 17.8 Å². The molecule has 4 atom stereocenters. The van der Waals surface area contributed by atoms with Crippen molar-refractivity contribution in [3.05, 3.63) is 0 Å². The molecule has 0 amide bonds. The van der Waals surface area contributed by atoms with Crippen molar-refractivity contribution in [1.29, 1.82) is 0 Å². The average Bonchev–Trinajstić information content (AvgIpc) is 2.75. The number of nitrogens with two attached hydrogens (primary N) is 1. The first-order valence-electron chi connectivity index (χ1n) is 6.00. The maximum absolute atomic E-state index is 12.0. The number of hydrogen-bond donors (Lipinski definition) is 1. The third-order valence-corrected chi connectivity index (χ3v) is 6.58. The summed E-state index contributed by atoms with van der Waals surface area (Å²) in [5.41, 5.74) is 5.70. The van der Waals surface area contributed by atoms with E-state index in [2.05, 4.69) is 0 Å². The van der Waals surface area contributed by atoms with Gasteiger partial charge in [0.05, 0.1) is 11.0 Å². The lowest BCUT2D eigenvalue weighted by Gasteiger charge is -2.28. The summed E-state index contributed by atoms with van der Waals surface area (Å²) in [6.45, 7) is 2.60. The average molecular weight is 231 g/mol.